The number of hydrogen-bond donors (Lipinski definition) is 1. The van der Waals surface area contributed by atoms with Gasteiger partial charge < -0.3 is 14.2 Å². The van der Waals surface area contributed by atoms with Gasteiger partial charge in [-0.2, -0.15) is 0 Å². The summed E-state index contributed by atoms with van der Waals surface area (Å²) in [7, 11) is 0. The average molecular weight is 217 g/mol. The molecule has 1 aliphatic heterocycles. The predicted molar refractivity (Wildman–Crippen MR) is 50.1 cm³/mol. The Balaban J connectivity index is 2.52. The second-order valence-electron chi connectivity index (χ2n) is 3.48. The zero-order chi connectivity index (χ0) is 11.4. The van der Waals surface area contributed by atoms with Crippen LogP contribution in [-0.4, -0.2) is 31.2 Å². The third kappa shape index (κ3) is 3.00. The fraction of sp³-hybridized carbons (Fsp3) is 0.778. The molecule has 0 aromatic heterocycles. The number of rotatable bonds is 3. The smallest absolute Gasteiger partial charge is 0.440 e. The van der Waals surface area contributed by atoms with Crippen molar-refractivity contribution in [3.05, 3.63) is 0 Å². The van der Waals surface area contributed by atoms with Crippen LogP contribution in [0.1, 0.15) is 20.8 Å². The summed E-state index contributed by atoms with van der Waals surface area (Å²) in [5.41, 5.74) is 0. The number of alkyl carbamates (subject to hydrolysis) is 1. The summed E-state index contributed by atoms with van der Waals surface area (Å²) in [6, 6.07) is 0. The Morgan fingerprint density at radius 3 is 2.80 bits per heavy atom. The molecule has 1 saturated heterocycles. The van der Waals surface area contributed by atoms with Crippen LogP contribution in [0.2, 0.25) is 0 Å². The number of amides is 1. The predicted octanol–water partition coefficient (Wildman–Crippen LogP) is 1.25. The first-order valence-corrected chi connectivity index (χ1v) is 4.85. The van der Waals surface area contributed by atoms with Gasteiger partial charge in [-0.3, -0.25) is 5.32 Å². The van der Waals surface area contributed by atoms with Gasteiger partial charge in [0.2, 0.25) is 6.23 Å². The quantitative estimate of drug-likeness (QED) is 0.720. The molecule has 6 nitrogen and oxygen atoms in total. The van der Waals surface area contributed by atoms with E-state index in [2.05, 4.69) is 10.1 Å². The van der Waals surface area contributed by atoms with E-state index in [1.807, 2.05) is 13.8 Å². The van der Waals surface area contributed by atoms with Gasteiger partial charge in [0.15, 0.2) is 6.10 Å². The molecular weight excluding hydrogens is 202 g/mol. The molecule has 0 spiro atoms. The molecule has 2 atom stereocenters. The second kappa shape index (κ2) is 4.86. The zero-order valence-corrected chi connectivity index (χ0v) is 8.98. The van der Waals surface area contributed by atoms with Crippen LogP contribution in [0.25, 0.3) is 0 Å². The number of carbonyl (C=O) groups is 2. The fourth-order valence-corrected chi connectivity index (χ4v) is 1.26. The molecule has 0 radical (unpaired) electrons. The third-order valence-electron chi connectivity index (χ3n) is 1.94. The Bertz CT molecular complexity index is 253. The number of hydrogen-bond acceptors (Lipinski definition) is 5. The van der Waals surface area contributed by atoms with Gasteiger partial charge in [0.05, 0.1) is 6.61 Å². The normalized spacial score (nSPS) is 24.7. The molecule has 0 bridgehead atoms. The van der Waals surface area contributed by atoms with Crippen LogP contribution in [0.4, 0.5) is 9.59 Å². The Hall–Kier alpha value is -1.46. The minimum Gasteiger partial charge on any atom is -0.440 e. The lowest BCUT2D eigenvalue weighted by molar-refractivity contribution is -0.0220. The van der Waals surface area contributed by atoms with Gasteiger partial charge in [0, 0.05) is 0 Å². The summed E-state index contributed by atoms with van der Waals surface area (Å²) in [5.74, 6) is 0.0587. The number of ether oxygens (including phenoxy) is 3. The maximum atomic E-state index is 11.0. The van der Waals surface area contributed by atoms with Gasteiger partial charge >= 0.3 is 12.2 Å². The molecule has 1 fully saturated rings. The SMILES string of the molecule is CCOC(=O)OC1NC(=O)OC1C(C)C. The molecule has 15 heavy (non-hydrogen) atoms. The molecule has 2 unspecified atom stereocenters. The summed E-state index contributed by atoms with van der Waals surface area (Å²) >= 11 is 0. The molecule has 1 aliphatic rings. The lowest BCUT2D eigenvalue weighted by Gasteiger charge is -2.19. The topological polar surface area (TPSA) is 73.9 Å². The molecular formula is C9H15NO5. The largest absolute Gasteiger partial charge is 0.510 e. The van der Waals surface area contributed by atoms with Crippen molar-refractivity contribution in [2.75, 3.05) is 6.61 Å². The maximum absolute atomic E-state index is 11.0. The van der Waals surface area contributed by atoms with E-state index < -0.39 is 24.6 Å². The van der Waals surface area contributed by atoms with Crippen LogP contribution < -0.4 is 5.32 Å². The van der Waals surface area contributed by atoms with Crippen molar-refractivity contribution in [1.82, 2.24) is 5.32 Å². The van der Waals surface area contributed by atoms with Crippen LogP contribution in [-0.2, 0) is 14.2 Å². The van der Waals surface area contributed by atoms with Crippen molar-refractivity contribution < 1.29 is 23.8 Å². The minimum absolute atomic E-state index is 0.0587. The van der Waals surface area contributed by atoms with E-state index in [1.165, 1.54) is 0 Å². The van der Waals surface area contributed by atoms with E-state index >= 15 is 0 Å². The van der Waals surface area contributed by atoms with Crippen molar-refractivity contribution in [3.8, 4) is 0 Å². The molecule has 0 aromatic carbocycles. The van der Waals surface area contributed by atoms with Crippen LogP contribution in [0.5, 0.6) is 0 Å². The van der Waals surface area contributed by atoms with Gasteiger partial charge in [-0.15, -0.1) is 0 Å². The van der Waals surface area contributed by atoms with Crippen LogP contribution in [0, 0.1) is 5.92 Å². The molecule has 0 saturated carbocycles. The summed E-state index contributed by atoms with van der Waals surface area (Å²) in [6.07, 6.45) is -2.62. The molecule has 0 aliphatic carbocycles. The van der Waals surface area contributed by atoms with Crippen LogP contribution >= 0.6 is 0 Å². The van der Waals surface area contributed by atoms with Gasteiger partial charge in [-0.05, 0) is 12.8 Å². The highest BCUT2D eigenvalue weighted by Crippen LogP contribution is 2.18. The van der Waals surface area contributed by atoms with Gasteiger partial charge in [-0.1, -0.05) is 13.8 Å². The average Bonchev–Trinajstić information content (AvgIpc) is 2.47. The Morgan fingerprint density at radius 2 is 2.27 bits per heavy atom. The summed E-state index contributed by atoms with van der Waals surface area (Å²) in [6.45, 7) is 5.64. The van der Waals surface area contributed by atoms with Gasteiger partial charge in [-0.25, -0.2) is 9.59 Å². The first-order valence-electron chi connectivity index (χ1n) is 4.85. The second-order valence-corrected chi connectivity index (χ2v) is 3.48. The summed E-state index contributed by atoms with van der Waals surface area (Å²) in [4.78, 5) is 22.0. The van der Waals surface area contributed by atoms with E-state index in [1.54, 1.807) is 6.92 Å². The van der Waals surface area contributed by atoms with Gasteiger partial charge in [0.1, 0.15) is 0 Å². The molecule has 1 rings (SSSR count). The number of cyclic esters (lactones) is 1. The van der Waals surface area contributed by atoms with E-state index in [0.717, 1.165) is 0 Å². The molecule has 1 N–H and O–H groups in total. The van der Waals surface area contributed by atoms with Crippen molar-refractivity contribution in [2.24, 2.45) is 5.92 Å². The summed E-state index contributed by atoms with van der Waals surface area (Å²) < 4.78 is 14.4. The van der Waals surface area contributed by atoms with E-state index in [9.17, 15) is 9.59 Å². The standard InChI is InChI=1S/C9H15NO5/c1-4-13-9(12)15-7-6(5(2)3)14-8(11)10-7/h5-7H,4H2,1-3H3,(H,10,11). The third-order valence-corrected chi connectivity index (χ3v) is 1.94. The monoisotopic (exact) mass is 217 g/mol. The number of nitrogens with one attached hydrogen (secondary N) is 1. The molecule has 86 valence electrons. The van der Waals surface area contributed by atoms with E-state index in [-0.39, 0.29) is 12.5 Å². The first-order chi connectivity index (χ1) is 7.04. The Kier molecular flexibility index (Phi) is 3.76. The van der Waals surface area contributed by atoms with E-state index in [4.69, 9.17) is 9.47 Å². The summed E-state index contributed by atoms with van der Waals surface area (Å²) in [5, 5.41) is 2.39. The van der Waals surface area contributed by atoms with Crippen molar-refractivity contribution in [2.45, 2.75) is 33.1 Å². The zero-order valence-electron chi connectivity index (χ0n) is 8.98. The maximum Gasteiger partial charge on any atom is 0.510 e. The molecule has 6 heteroatoms. The molecule has 1 amide bonds. The molecule has 0 aromatic rings. The minimum atomic E-state index is -0.807. The Morgan fingerprint density at radius 1 is 1.60 bits per heavy atom. The van der Waals surface area contributed by atoms with Crippen molar-refractivity contribution in [3.63, 3.8) is 0 Å². The highest BCUT2D eigenvalue weighted by atomic mass is 16.7. The van der Waals surface area contributed by atoms with Crippen molar-refractivity contribution >= 4 is 12.2 Å². The van der Waals surface area contributed by atoms with Crippen LogP contribution in [0.15, 0.2) is 0 Å². The van der Waals surface area contributed by atoms with Gasteiger partial charge in [0.25, 0.3) is 0 Å². The lowest BCUT2D eigenvalue weighted by Crippen LogP contribution is -2.38. The van der Waals surface area contributed by atoms with E-state index in [0.29, 0.717) is 0 Å². The van der Waals surface area contributed by atoms with Crippen molar-refractivity contribution in [1.29, 1.82) is 0 Å². The Labute approximate surface area is 87.9 Å². The highest BCUT2D eigenvalue weighted by molar-refractivity contribution is 5.71. The lowest BCUT2D eigenvalue weighted by atomic mass is 10.1. The highest BCUT2D eigenvalue weighted by Gasteiger charge is 2.39. The first kappa shape index (κ1) is 11.6. The number of carbonyl (C=O) groups excluding carboxylic acids is 2. The fourth-order valence-electron chi connectivity index (χ4n) is 1.26. The van der Waals surface area contributed by atoms with Crippen LogP contribution in [0.3, 0.4) is 0 Å². The molecule has 1 heterocycles.